The van der Waals surface area contributed by atoms with Crippen molar-refractivity contribution in [2.24, 2.45) is 0 Å². The van der Waals surface area contributed by atoms with Crippen LogP contribution in [0.5, 0.6) is 0 Å². The van der Waals surface area contributed by atoms with Gasteiger partial charge in [-0.05, 0) is 46.8 Å². The molecule has 0 saturated heterocycles. The zero-order chi connectivity index (χ0) is 18.8. The van der Waals surface area contributed by atoms with E-state index in [0.717, 1.165) is 5.69 Å². The maximum atomic E-state index is 12.6. The molecule has 136 valence electrons. The molecule has 2 aromatic rings. The summed E-state index contributed by atoms with van der Waals surface area (Å²) >= 11 is 0. The van der Waals surface area contributed by atoms with Crippen molar-refractivity contribution < 1.29 is 14.3 Å². The maximum Gasteiger partial charge on any atom is 0.418 e. The van der Waals surface area contributed by atoms with Crippen molar-refractivity contribution >= 4 is 11.9 Å². The average Bonchev–Trinajstić information content (AvgIpc) is 3.14. The van der Waals surface area contributed by atoms with Gasteiger partial charge < -0.3 is 9.30 Å². The Kier molecular flexibility index (Phi) is 5.50. The lowest BCUT2D eigenvalue weighted by atomic mass is 10.0. The van der Waals surface area contributed by atoms with Crippen molar-refractivity contribution in [2.75, 3.05) is 0 Å². The highest BCUT2D eigenvalue weighted by molar-refractivity contribution is 5.93. The van der Waals surface area contributed by atoms with Crippen LogP contribution in [-0.4, -0.2) is 31.6 Å². The number of hydrogen-bond donors (Lipinski definition) is 0. The van der Waals surface area contributed by atoms with Gasteiger partial charge in [-0.3, -0.25) is 9.36 Å². The molecule has 0 amide bonds. The van der Waals surface area contributed by atoms with E-state index in [0.29, 0.717) is 5.82 Å². The largest absolute Gasteiger partial charge is 0.443 e. The molecule has 0 radical (unpaired) electrons. The van der Waals surface area contributed by atoms with Crippen LogP contribution in [0.3, 0.4) is 0 Å². The van der Waals surface area contributed by atoms with Gasteiger partial charge in [0.2, 0.25) is 0 Å². The van der Waals surface area contributed by atoms with Crippen LogP contribution in [0, 0.1) is 0 Å². The quantitative estimate of drug-likeness (QED) is 0.752. The number of hydrogen-bond acceptors (Lipinski definition) is 4. The standard InChI is InChI=1S/C19H27N3O3/c1-13(2)21-11-9-20-17(21)16(23)12-14(3)15-8-7-10-22(15)18(24)25-19(4,5)6/h7-11,13-14H,12H2,1-6H3/t14-/m1/s1. The first-order valence-electron chi connectivity index (χ1n) is 8.56. The van der Waals surface area contributed by atoms with E-state index in [4.69, 9.17) is 4.74 Å². The number of carbonyl (C=O) groups is 2. The molecule has 2 heterocycles. The lowest BCUT2D eigenvalue weighted by molar-refractivity contribution is 0.0530. The van der Waals surface area contributed by atoms with Crippen molar-refractivity contribution in [3.8, 4) is 0 Å². The van der Waals surface area contributed by atoms with E-state index in [-0.39, 0.29) is 24.2 Å². The second kappa shape index (κ2) is 7.25. The molecule has 6 heteroatoms. The predicted octanol–water partition coefficient (Wildman–Crippen LogP) is 4.43. The van der Waals surface area contributed by atoms with Crippen LogP contribution in [0.4, 0.5) is 4.79 Å². The molecular weight excluding hydrogens is 318 g/mol. The molecule has 0 aliphatic rings. The van der Waals surface area contributed by atoms with E-state index in [1.54, 1.807) is 18.5 Å². The summed E-state index contributed by atoms with van der Waals surface area (Å²) in [6, 6.07) is 3.80. The third-order valence-corrected chi connectivity index (χ3v) is 3.84. The number of imidazole rings is 1. The van der Waals surface area contributed by atoms with Crippen LogP contribution in [0.2, 0.25) is 0 Å². The lowest BCUT2D eigenvalue weighted by Crippen LogP contribution is -2.28. The number of ketones is 1. The normalized spacial score (nSPS) is 13.1. The van der Waals surface area contributed by atoms with Gasteiger partial charge in [0.1, 0.15) is 5.60 Å². The molecule has 0 spiro atoms. The van der Waals surface area contributed by atoms with Crippen LogP contribution >= 0.6 is 0 Å². The number of aromatic nitrogens is 3. The van der Waals surface area contributed by atoms with Crippen LogP contribution < -0.4 is 0 Å². The van der Waals surface area contributed by atoms with E-state index >= 15 is 0 Å². The predicted molar refractivity (Wildman–Crippen MR) is 96.0 cm³/mol. The summed E-state index contributed by atoms with van der Waals surface area (Å²) in [5.41, 5.74) is 0.185. The minimum atomic E-state index is -0.570. The zero-order valence-electron chi connectivity index (χ0n) is 15.8. The van der Waals surface area contributed by atoms with Gasteiger partial charge >= 0.3 is 6.09 Å². The highest BCUT2D eigenvalue weighted by Crippen LogP contribution is 2.23. The fourth-order valence-electron chi connectivity index (χ4n) is 2.69. The molecule has 2 aromatic heterocycles. The Balaban J connectivity index is 2.15. The van der Waals surface area contributed by atoms with E-state index in [1.165, 1.54) is 4.57 Å². The van der Waals surface area contributed by atoms with Gasteiger partial charge in [-0.2, -0.15) is 0 Å². The molecular formula is C19H27N3O3. The fourth-order valence-corrected chi connectivity index (χ4v) is 2.69. The number of Topliss-reactive ketones (excluding diaryl/α,β-unsaturated/α-hetero) is 1. The third kappa shape index (κ3) is 4.59. The Morgan fingerprint density at radius 2 is 1.88 bits per heavy atom. The molecule has 0 N–H and O–H groups in total. The monoisotopic (exact) mass is 345 g/mol. The van der Waals surface area contributed by atoms with Gasteiger partial charge in [0, 0.05) is 42.7 Å². The van der Waals surface area contributed by atoms with Gasteiger partial charge in [0.25, 0.3) is 0 Å². The first-order chi connectivity index (χ1) is 11.6. The molecule has 0 aromatic carbocycles. The molecule has 0 bridgehead atoms. The Hall–Kier alpha value is -2.37. The molecule has 0 aliphatic carbocycles. The van der Waals surface area contributed by atoms with Crippen LogP contribution in [0.25, 0.3) is 0 Å². The summed E-state index contributed by atoms with van der Waals surface area (Å²) in [6.07, 6.45) is 4.96. The van der Waals surface area contributed by atoms with Crippen molar-refractivity contribution in [1.29, 1.82) is 0 Å². The SMILES string of the molecule is CC(C)n1ccnc1C(=O)C[C@@H](C)c1cccn1C(=O)OC(C)(C)C. The first kappa shape index (κ1) is 19.0. The van der Waals surface area contributed by atoms with Crippen LogP contribution in [0.1, 0.15) is 76.2 Å². The summed E-state index contributed by atoms with van der Waals surface area (Å²) in [5.74, 6) is 0.285. The summed E-state index contributed by atoms with van der Waals surface area (Å²) < 4.78 is 8.76. The Labute approximate surface area is 148 Å². The van der Waals surface area contributed by atoms with Crippen molar-refractivity contribution in [1.82, 2.24) is 14.1 Å². The number of rotatable bonds is 5. The fraction of sp³-hybridized carbons (Fsp3) is 0.526. The van der Waals surface area contributed by atoms with E-state index < -0.39 is 11.7 Å². The van der Waals surface area contributed by atoms with Gasteiger partial charge in [-0.1, -0.05) is 6.92 Å². The second-order valence-electron chi connectivity index (χ2n) is 7.56. The summed E-state index contributed by atoms with van der Waals surface area (Å²) in [5, 5.41) is 0. The highest BCUT2D eigenvalue weighted by Gasteiger charge is 2.24. The van der Waals surface area contributed by atoms with Crippen LogP contribution in [0.15, 0.2) is 30.7 Å². The van der Waals surface area contributed by atoms with E-state index in [1.807, 2.05) is 58.4 Å². The average molecular weight is 345 g/mol. The minimum Gasteiger partial charge on any atom is -0.443 e. The lowest BCUT2D eigenvalue weighted by Gasteiger charge is -2.21. The molecule has 0 aliphatic heterocycles. The minimum absolute atomic E-state index is 0.0388. The number of nitrogens with zero attached hydrogens (tertiary/aromatic N) is 3. The second-order valence-corrected chi connectivity index (χ2v) is 7.56. The van der Waals surface area contributed by atoms with Gasteiger partial charge in [0.15, 0.2) is 11.6 Å². The molecule has 2 rings (SSSR count). The molecule has 0 unspecified atom stereocenters. The Morgan fingerprint density at radius 1 is 1.20 bits per heavy atom. The summed E-state index contributed by atoms with van der Waals surface area (Å²) in [7, 11) is 0. The Morgan fingerprint density at radius 3 is 2.48 bits per heavy atom. The Bertz CT molecular complexity index is 750. The number of carbonyl (C=O) groups excluding carboxylic acids is 2. The third-order valence-electron chi connectivity index (χ3n) is 3.84. The topological polar surface area (TPSA) is 66.1 Å². The maximum absolute atomic E-state index is 12.6. The van der Waals surface area contributed by atoms with Crippen molar-refractivity contribution in [3.63, 3.8) is 0 Å². The summed E-state index contributed by atoms with van der Waals surface area (Å²) in [6.45, 7) is 11.4. The molecule has 6 nitrogen and oxygen atoms in total. The van der Waals surface area contributed by atoms with Crippen molar-refractivity contribution in [2.45, 2.75) is 65.5 Å². The van der Waals surface area contributed by atoms with E-state index in [9.17, 15) is 9.59 Å². The van der Waals surface area contributed by atoms with Gasteiger partial charge in [-0.25, -0.2) is 9.78 Å². The number of ether oxygens (including phenoxy) is 1. The highest BCUT2D eigenvalue weighted by atomic mass is 16.6. The zero-order valence-corrected chi connectivity index (χ0v) is 15.8. The smallest absolute Gasteiger partial charge is 0.418 e. The van der Waals surface area contributed by atoms with Crippen molar-refractivity contribution in [3.05, 3.63) is 42.2 Å². The van der Waals surface area contributed by atoms with Crippen LogP contribution in [-0.2, 0) is 4.74 Å². The molecule has 0 fully saturated rings. The van der Waals surface area contributed by atoms with Gasteiger partial charge in [0.05, 0.1) is 0 Å². The first-order valence-corrected chi connectivity index (χ1v) is 8.56. The van der Waals surface area contributed by atoms with Gasteiger partial charge in [-0.15, -0.1) is 0 Å². The summed E-state index contributed by atoms with van der Waals surface area (Å²) in [4.78, 5) is 29.2. The molecule has 25 heavy (non-hydrogen) atoms. The molecule has 0 saturated carbocycles. The molecule has 1 atom stereocenters. The van der Waals surface area contributed by atoms with E-state index in [2.05, 4.69) is 4.98 Å².